The number of amides is 4. The predicted octanol–water partition coefficient (Wildman–Crippen LogP) is 2.23. The monoisotopic (exact) mass is 443 g/mol. The number of nitrogens with zero attached hydrogens (tertiary/aromatic N) is 2. The summed E-state index contributed by atoms with van der Waals surface area (Å²) in [5.74, 6) is -0.261. The fourth-order valence-corrected chi connectivity index (χ4v) is 4.30. The maximum atomic E-state index is 12.8. The highest BCUT2D eigenvalue weighted by atomic mass is 16.6. The first-order valence-corrected chi connectivity index (χ1v) is 11.0. The molecule has 4 rings (SSSR count). The zero-order chi connectivity index (χ0) is 23.0. The fourth-order valence-electron chi connectivity index (χ4n) is 4.30. The van der Waals surface area contributed by atoms with Crippen molar-refractivity contribution >= 4 is 23.8 Å². The molecule has 0 aromatic heterocycles. The van der Waals surface area contributed by atoms with E-state index in [9.17, 15) is 19.2 Å². The summed E-state index contributed by atoms with van der Waals surface area (Å²) in [5.41, 5.74) is 0.846. The van der Waals surface area contributed by atoms with E-state index >= 15 is 0 Å². The molecule has 3 aliphatic rings. The van der Waals surface area contributed by atoms with Crippen LogP contribution < -0.4 is 10.1 Å². The van der Waals surface area contributed by atoms with Crippen molar-refractivity contribution in [2.24, 2.45) is 0 Å². The topological polar surface area (TPSA) is 105 Å². The van der Waals surface area contributed by atoms with Gasteiger partial charge >= 0.3 is 6.09 Å². The highest BCUT2D eigenvalue weighted by molar-refractivity contribution is 6.05. The van der Waals surface area contributed by atoms with Gasteiger partial charge in [0.1, 0.15) is 23.5 Å². The Labute approximate surface area is 187 Å². The average Bonchev–Trinajstić information content (AvgIpc) is 3.03. The molecule has 0 radical (unpaired) electrons. The minimum Gasteiger partial charge on any atom is -0.490 e. The van der Waals surface area contributed by atoms with Gasteiger partial charge in [0.25, 0.3) is 5.91 Å². The molecule has 0 bridgehead atoms. The molecule has 3 aliphatic heterocycles. The number of fused-ring (bicyclic) bond motifs is 1. The first-order valence-electron chi connectivity index (χ1n) is 11.0. The highest BCUT2D eigenvalue weighted by Gasteiger charge is 2.39. The van der Waals surface area contributed by atoms with E-state index in [1.54, 1.807) is 17.0 Å². The first kappa shape index (κ1) is 22.1. The molecule has 1 aromatic carbocycles. The molecule has 1 N–H and O–H groups in total. The van der Waals surface area contributed by atoms with E-state index in [1.807, 2.05) is 26.8 Å². The van der Waals surface area contributed by atoms with Crippen molar-refractivity contribution in [3.63, 3.8) is 0 Å². The molecule has 0 spiro atoms. The SMILES string of the molecule is CC(C)(C)OC(=O)N1CCC(Oc2ccc3c(c2)CN(C2CCC(=O)NC2=O)C3=O)CC1. The minimum atomic E-state index is -0.630. The van der Waals surface area contributed by atoms with Gasteiger partial charge in [-0.05, 0) is 51.0 Å². The molecular formula is C23H29N3O6. The third-order valence-electron chi connectivity index (χ3n) is 5.89. The smallest absolute Gasteiger partial charge is 0.410 e. The Kier molecular flexibility index (Phi) is 5.83. The highest BCUT2D eigenvalue weighted by Crippen LogP contribution is 2.31. The Morgan fingerprint density at radius 3 is 2.47 bits per heavy atom. The minimum absolute atomic E-state index is 0.0323. The Balaban J connectivity index is 1.35. The summed E-state index contributed by atoms with van der Waals surface area (Å²) in [6.07, 6.45) is 1.61. The van der Waals surface area contributed by atoms with Crippen LogP contribution in [0.5, 0.6) is 5.75 Å². The second-order valence-electron chi connectivity index (χ2n) is 9.50. The zero-order valence-electron chi connectivity index (χ0n) is 18.7. The van der Waals surface area contributed by atoms with Crippen molar-refractivity contribution in [2.75, 3.05) is 13.1 Å². The average molecular weight is 444 g/mol. The lowest BCUT2D eigenvalue weighted by Crippen LogP contribution is -2.52. The summed E-state index contributed by atoms with van der Waals surface area (Å²) >= 11 is 0. The lowest BCUT2D eigenvalue weighted by molar-refractivity contribution is -0.136. The van der Waals surface area contributed by atoms with Crippen LogP contribution in [-0.4, -0.2) is 64.5 Å². The number of imide groups is 1. The number of carbonyl (C=O) groups excluding carboxylic acids is 4. The Hall–Kier alpha value is -3.10. The number of hydrogen-bond donors (Lipinski definition) is 1. The number of ether oxygens (including phenoxy) is 2. The van der Waals surface area contributed by atoms with Gasteiger partial charge in [-0.25, -0.2) is 4.79 Å². The van der Waals surface area contributed by atoms with Crippen LogP contribution in [0.4, 0.5) is 4.79 Å². The number of carbonyl (C=O) groups is 4. The molecule has 3 heterocycles. The maximum absolute atomic E-state index is 12.8. The Bertz CT molecular complexity index is 946. The first-order chi connectivity index (χ1) is 15.1. The molecule has 2 saturated heterocycles. The van der Waals surface area contributed by atoms with Gasteiger partial charge in [-0.1, -0.05) is 0 Å². The lowest BCUT2D eigenvalue weighted by atomic mass is 10.0. The second kappa shape index (κ2) is 8.44. The van der Waals surface area contributed by atoms with E-state index in [0.717, 1.165) is 5.56 Å². The molecule has 1 unspecified atom stereocenters. The van der Waals surface area contributed by atoms with Crippen LogP contribution in [0.3, 0.4) is 0 Å². The van der Waals surface area contributed by atoms with E-state index in [0.29, 0.717) is 50.2 Å². The number of hydrogen-bond acceptors (Lipinski definition) is 6. The van der Waals surface area contributed by atoms with E-state index in [1.165, 1.54) is 4.90 Å². The van der Waals surface area contributed by atoms with Gasteiger partial charge in [0.2, 0.25) is 11.8 Å². The van der Waals surface area contributed by atoms with Gasteiger partial charge in [-0.2, -0.15) is 0 Å². The molecule has 0 aliphatic carbocycles. The van der Waals surface area contributed by atoms with Crippen molar-refractivity contribution in [1.29, 1.82) is 0 Å². The standard InChI is InChI=1S/C23H29N3O6/c1-23(2,3)32-22(30)25-10-8-15(9-11-25)31-16-4-5-17-14(12-16)13-26(21(17)29)18-6-7-19(27)24-20(18)28/h4-5,12,15,18H,6-11,13H2,1-3H3,(H,24,27,28). The van der Waals surface area contributed by atoms with Gasteiger partial charge < -0.3 is 19.3 Å². The summed E-state index contributed by atoms with van der Waals surface area (Å²) < 4.78 is 11.6. The summed E-state index contributed by atoms with van der Waals surface area (Å²) in [7, 11) is 0. The fraction of sp³-hybridized carbons (Fsp3) is 0.565. The van der Waals surface area contributed by atoms with Gasteiger partial charge in [-0.3, -0.25) is 19.7 Å². The largest absolute Gasteiger partial charge is 0.490 e. The molecule has 32 heavy (non-hydrogen) atoms. The zero-order valence-corrected chi connectivity index (χ0v) is 18.7. The summed E-state index contributed by atoms with van der Waals surface area (Å²) in [4.78, 5) is 51.8. The quantitative estimate of drug-likeness (QED) is 0.719. The summed E-state index contributed by atoms with van der Waals surface area (Å²) in [6.45, 7) is 6.98. The van der Waals surface area contributed by atoms with Crippen LogP contribution in [-0.2, 0) is 20.9 Å². The van der Waals surface area contributed by atoms with Crippen LogP contribution in [0.15, 0.2) is 18.2 Å². The van der Waals surface area contributed by atoms with Crippen molar-refractivity contribution in [3.8, 4) is 5.75 Å². The number of rotatable bonds is 3. The predicted molar refractivity (Wildman–Crippen MR) is 114 cm³/mol. The van der Waals surface area contributed by atoms with Crippen LogP contribution in [0.2, 0.25) is 0 Å². The van der Waals surface area contributed by atoms with Gasteiger partial charge in [0, 0.05) is 44.5 Å². The molecular weight excluding hydrogens is 414 g/mol. The number of nitrogens with one attached hydrogen (secondary N) is 1. The number of likely N-dealkylation sites (tertiary alicyclic amines) is 1. The molecule has 172 valence electrons. The van der Waals surface area contributed by atoms with Gasteiger partial charge in [-0.15, -0.1) is 0 Å². The molecule has 1 atom stereocenters. The third kappa shape index (κ3) is 4.71. The lowest BCUT2D eigenvalue weighted by Gasteiger charge is -2.33. The van der Waals surface area contributed by atoms with Gasteiger partial charge in [0.15, 0.2) is 0 Å². The molecule has 4 amide bonds. The van der Waals surface area contributed by atoms with E-state index in [4.69, 9.17) is 9.47 Å². The van der Waals surface area contributed by atoms with Crippen molar-refractivity contribution in [1.82, 2.24) is 15.1 Å². The Morgan fingerprint density at radius 1 is 1.09 bits per heavy atom. The molecule has 2 fully saturated rings. The van der Waals surface area contributed by atoms with Crippen molar-refractivity contribution < 1.29 is 28.7 Å². The van der Waals surface area contributed by atoms with Crippen molar-refractivity contribution in [2.45, 2.75) is 70.7 Å². The van der Waals surface area contributed by atoms with Crippen LogP contribution in [0.1, 0.15) is 62.4 Å². The molecule has 1 aromatic rings. The van der Waals surface area contributed by atoms with E-state index in [2.05, 4.69) is 5.32 Å². The van der Waals surface area contributed by atoms with Crippen molar-refractivity contribution in [3.05, 3.63) is 29.3 Å². The van der Waals surface area contributed by atoms with E-state index < -0.39 is 17.6 Å². The normalized spacial score (nSPS) is 22.0. The van der Waals surface area contributed by atoms with Gasteiger partial charge in [0.05, 0.1) is 0 Å². The third-order valence-corrected chi connectivity index (χ3v) is 5.89. The maximum Gasteiger partial charge on any atom is 0.410 e. The summed E-state index contributed by atoms with van der Waals surface area (Å²) in [6, 6.07) is 4.72. The summed E-state index contributed by atoms with van der Waals surface area (Å²) in [5, 5.41) is 2.31. The molecule has 0 saturated carbocycles. The van der Waals surface area contributed by atoms with Crippen LogP contribution >= 0.6 is 0 Å². The van der Waals surface area contributed by atoms with Crippen LogP contribution in [0, 0.1) is 0 Å². The Morgan fingerprint density at radius 2 is 1.81 bits per heavy atom. The van der Waals surface area contributed by atoms with Crippen LogP contribution in [0.25, 0.3) is 0 Å². The molecule has 9 nitrogen and oxygen atoms in total. The molecule has 9 heteroatoms. The second-order valence-corrected chi connectivity index (χ2v) is 9.50. The number of benzene rings is 1. The van der Waals surface area contributed by atoms with E-state index in [-0.39, 0.29) is 30.4 Å². The number of piperidine rings is 2.